The normalized spacial score (nSPS) is 20.5. The first kappa shape index (κ1) is 11.5. The number of hydrogen-bond acceptors (Lipinski definition) is 5. The van der Waals surface area contributed by atoms with Gasteiger partial charge in [-0.3, -0.25) is 0 Å². The van der Waals surface area contributed by atoms with Crippen molar-refractivity contribution in [2.24, 2.45) is 0 Å². The lowest BCUT2D eigenvalue weighted by atomic mass is 10.2. The van der Waals surface area contributed by atoms with E-state index in [1.807, 2.05) is 31.9 Å². The fourth-order valence-electron chi connectivity index (χ4n) is 1.76. The smallest absolute Gasteiger partial charge is 0.224 e. The predicted octanol–water partition coefficient (Wildman–Crippen LogP) is 2.13. The lowest BCUT2D eigenvalue weighted by Gasteiger charge is -2.23. The zero-order valence-corrected chi connectivity index (χ0v) is 10.6. The Balaban J connectivity index is 2.06. The van der Waals surface area contributed by atoms with Crippen LogP contribution in [0.1, 0.15) is 18.4 Å². The summed E-state index contributed by atoms with van der Waals surface area (Å²) in [4.78, 5) is 8.63. The Morgan fingerprint density at radius 2 is 2.38 bits per heavy atom. The largest absolute Gasteiger partial charge is 0.366 e. The fraction of sp³-hybridized carbons (Fsp3) is 0.636. The second kappa shape index (κ2) is 5.39. The van der Waals surface area contributed by atoms with Crippen molar-refractivity contribution in [3.63, 3.8) is 0 Å². The van der Waals surface area contributed by atoms with Gasteiger partial charge in [0.25, 0.3) is 0 Å². The molecule has 5 heteroatoms. The van der Waals surface area contributed by atoms with E-state index in [1.54, 1.807) is 0 Å². The molecule has 88 valence electrons. The van der Waals surface area contributed by atoms with Gasteiger partial charge in [-0.1, -0.05) is 0 Å². The zero-order chi connectivity index (χ0) is 11.4. The van der Waals surface area contributed by atoms with Gasteiger partial charge in [0, 0.05) is 30.6 Å². The van der Waals surface area contributed by atoms with Crippen LogP contribution in [0.2, 0.25) is 0 Å². The Kier molecular flexibility index (Phi) is 3.88. The van der Waals surface area contributed by atoms with Gasteiger partial charge in [-0.25, -0.2) is 4.98 Å². The molecule has 1 aliphatic heterocycles. The van der Waals surface area contributed by atoms with Gasteiger partial charge in [-0.15, -0.1) is 0 Å². The Labute approximate surface area is 101 Å². The molecular weight excluding hydrogens is 220 g/mol. The molecule has 2 N–H and O–H groups in total. The molecule has 1 unspecified atom stereocenters. The molecule has 1 saturated heterocycles. The second-order valence-electron chi connectivity index (χ2n) is 4.03. The topological polar surface area (TPSA) is 49.8 Å². The molecule has 4 nitrogen and oxygen atoms in total. The zero-order valence-electron chi connectivity index (χ0n) is 9.79. The average Bonchev–Trinajstić information content (AvgIpc) is 2.33. The number of aromatic nitrogens is 2. The van der Waals surface area contributed by atoms with E-state index in [1.165, 1.54) is 24.3 Å². The Bertz CT molecular complexity index is 350. The first-order valence-corrected chi connectivity index (χ1v) is 6.80. The summed E-state index contributed by atoms with van der Waals surface area (Å²) in [6, 6.07) is 0.553. The van der Waals surface area contributed by atoms with Crippen molar-refractivity contribution in [2.45, 2.75) is 25.8 Å². The van der Waals surface area contributed by atoms with Crippen molar-refractivity contribution in [1.82, 2.24) is 9.97 Å². The summed E-state index contributed by atoms with van der Waals surface area (Å²) in [6.45, 7) is 2.04. The van der Waals surface area contributed by atoms with E-state index in [-0.39, 0.29) is 0 Å². The van der Waals surface area contributed by atoms with Gasteiger partial charge in [0.15, 0.2) is 0 Å². The fourth-order valence-corrected chi connectivity index (χ4v) is 2.83. The summed E-state index contributed by atoms with van der Waals surface area (Å²) < 4.78 is 0. The highest BCUT2D eigenvalue weighted by atomic mass is 32.2. The highest BCUT2D eigenvalue weighted by Crippen LogP contribution is 2.21. The van der Waals surface area contributed by atoms with Gasteiger partial charge in [0.2, 0.25) is 5.95 Å². The second-order valence-corrected chi connectivity index (χ2v) is 5.18. The molecular formula is C11H18N4S. The molecule has 1 atom stereocenters. The Morgan fingerprint density at radius 1 is 1.50 bits per heavy atom. The van der Waals surface area contributed by atoms with Crippen molar-refractivity contribution in [3.05, 3.63) is 11.8 Å². The molecule has 16 heavy (non-hydrogen) atoms. The van der Waals surface area contributed by atoms with Crippen molar-refractivity contribution in [2.75, 3.05) is 29.2 Å². The van der Waals surface area contributed by atoms with Crippen LogP contribution in [0.25, 0.3) is 0 Å². The molecule has 1 fully saturated rings. The summed E-state index contributed by atoms with van der Waals surface area (Å²) in [6.07, 6.45) is 4.40. The van der Waals surface area contributed by atoms with E-state index >= 15 is 0 Å². The molecule has 2 rings (SSSR count). The summed E-state index contributed by atoms with van der Waals surface area (Å²) in [5.41, 5.74) is 1.11. The molecule has 0 amide bonds. The van der Waals surface area contributed by atoms with Gasteiger partial charge in [-0.05, 0) is 25.5 Å². The van der Waals surface area contributed by atoms with Crippen LogP contribution in [0.15, 0.2) is 6.20 Å². The van der Waals surface area contributed by atoms with Crippen LogP contribution in [0.3, 0.4) is 0 Å². The van der Waals surface area contributed by atoms with E-state index in [4.69, 9.17) is 0 Å². The van der Waals surface area contributed by atoms with Crippen molar-refractivity contribution in [1.29, 1.82) is 0 Å². The number of anilines is 2. The molecule has 1 aromatic rings. The maximum Gasteiger partial charge on any atom is 0.224 e. The maximum absolute atomic E-state index is 4.44. The summed E-state index contributed by atoms with van der Waals surface area (Å²) >= 11 is 2.02. The van der Waals surface area contributed by atoms with Crippen LogP contribution in [-0.2, 0) is 0 Å². The number of aryl methyl sites for hydroxylation is 1. The van der Waals surface area contributed by atoms with Gasteiger partial charge < -0.3 is 10.6 Å². The molecule has 0 spiro atoms. The lowest BCUT2D eigenvalue weighted by Crippen LogP contribution is -2.26. The van der Waals surface area contributed by atoms with Gasteiger partial charge in [0.1, 0.15) is 5.82 Å². The average molecular weight is 238 g/mol. The molecule has 0 aliphatic carbocycles. The number of thioether (sulfide) groups is 1. The third kappa shape index (κ3) is 2.78. The first-order valence-electron chi connectivity index (χ1n) is 5.65. The van der Waals surface area contributed by atoms with Crippen LogP contribution < -0.4 is 10.6 Å². The van der Waals surface area contributed by atoms with Crippen LogP contribution in [0, 0.1) is 6.92 Å². The minimum absolute atomic E-state index is 0.553. The molecule has 0 saturated carbocycles. The van der Waals surface area contributed by atoms with Crippen molar-refractivity contribution < 1.29 is 0 Å². The SMILES string of the molecule is CNc1ncc(C)c(NC2CCCSC2)n1. The summed E-state index contributed by atoms with van der Waals surface area (Å²) in [5.74, 6) is 4.12. The van der Waals surface area contributed by atoms with Gasteiger partial charge in [0.05, 0.1) is 0 Å². The number of nitrogens with zero attached hydrogens (tertiary/aromatic N) is 2. The monoisotopic (exact) mass is 238 g/mol. The van der Waals surface area contributed by atoms with E-state index < -0.39 is 0 Å². The van der Waals surface area contributed by atoms with E-state index in [0.717, 1.165) is 11.4 Å². The van der Waals surface area contributed by atoms with Crippen molar-refractivity contribution in [3.8, 4) is 0 Å². The number of nitrogens with one attached hydrogen (secondary N) is 2. The van der Waals surface area contributed by atoms with Crippen molar-refractivity contribution >= 4 is 23.5 Å². The molecule has 1 aliphatic rings. The van der Waals surface area contributed by atoms with Gasteiger partial charge >= 0.3 is 0 Å². The van der Waals surface area contributed by atoms with E-state index in [0.29, 0.717) is 12.0 Å². The van der Waals surface area contributed by atoms with Crippen LogP contribution in [0.5, 0.6) is 0 Å². The third-order valence-electron chi connectivity index (χ3n) is 2.70. The molecule has 1 aromatic heterocycles. The molecule has 0 aromatic carbocycles. The highest BCUT2D eigenvalue weighted by molar-refractivity contribution is 7.99. The minimum atomic E-state index is 0.553. The van der Waals surface area contributed by atoms with E-state index in [2.05, 4.69) is 20.6 Å². The molecule has 0 radical (unpaired) electrons. The summed E-state index contributed by atoms with van der Waals surface area (Å²) in [7, 11) is 1.84. The van der Waals surface area contributed by atoms with Crippen LogP contribution in [-0.4, -0.2) is 34.6 Å². The number of rotatable bonds is 3. The van der Waals surface area contributed by atoms with Crippen LogP contribution in [0.4, 0.5) is 11.8 Å². The minimum Gasteiger partial charge on any atom is -0.366 e. The third-order valence-corrected chi connectivity index (χ3v) is 3.91. The quantitative estimate of drug-likeness (QED) is 0.845. The molecule has 0 bridgehead atoms. The van der Waals surface area contributed by atoms with E-state index in [9.17, 15) is 0 Å². The summed E-state index contributed by atoms with van der Waals surface area (Å²) in [5, 5.41) is 6.48. The number of hydrogen-bond donors (Lipinski definition) is 2. The maximum atomic E-state index is 4.44. The highest BCUT2D eigenvalue weighted by Gasteiger charge is 2.15. The Morgan fingerprint density at radius 3 is 3.06 bits per heavy atom. The standard InChI is InChI=1S/C11H18N4S/c1-8-6-13-11(12-2)15-10(8)14-9-4-3-5-16-7-9/h6,9H,3-5,7H2,1-2H3,(H2,12,13,14,15). The predicted molar refractivity (Wildman–Crippen MR) is 70.3 cm³/mol. The van der Waals surface area contributed by atoms with Crippen LogP contribution >= 0.6 is 11.8 Å². The first-order chi connectivity index (χ1) is 7.79. The molecule has 2 heterocycles. The lowest BCUT2D eigenvalue weighted by molar-refractivity contribution is 0.681. The Hall–Kier alpha value is -0.970. The van der Waals surface area contributed by atoms with Gasteiger partial charge in [-0.2, -0.15) is 16.7 Å².